The second-order valence-corrected chi connectivity index (χ2v) is 4.46. The molecule has 6 heteroatoms. The summed E-state index contributed by atoms with van der Waals surface area (Å²) >= 11 is 0. The monoisotopic (exact) mass is 284 g/mol. The summed E-state index contributed by atoms with van der Waals surface area (Å²) in [6.45, 7) is 0. The van der Waals surface area contributed by atoms with Gasteiger partial charge in [0.2, 0.25) is 0 Å². The lowest BCUT2D eigenvalue weighted by atomic mass is 9.94. The van der Waals surface area contributed by atoms with Crippen molar-refractivity contribution in [3.63, 3.8) is 0 Å². The summed E-state index contributed by atoms with van der Waals surface area (Å²) in [5.74, 6) is -3.19. The SMILES string of the molecule is NC(c1cc(F)cc(F)c1)C(N)c1cc(F)cc(F)c1. The Balaban J connectivity index is 2.34. The standard InChI is InChI=1S/C14H12F4N2/c15-9-1-7(2-10(16)5-9)13(19)14(20)8-3-11(17)6-12(18)4-8/h1-6,13-14H,19-20H2. The van der Waals surface area contributed by atoms with Crippen LogP contribution in [0.15, 0.2) is 36.4 Å². The van der Waals surface area contributed by atoms with Gasteiger partial charge in [-0.05, 0) is 35.4 Å². The van der Waals surface area contributed by atoms with Crippen molar-refractivity contribution in [2.75, 3.05) is 0 Å². The molecular weight excluding hydrogens is 272 g/mol. The predicted molar refractivity (Wildman–Crippen MR) is 66.6 cm³/mol. The van der Waals surface area contributed by atoms with Crippen molar-refractivity contribution in [2.24, 2.45) is 11.5 Å². The minimum absolute atomic E-state index is 0.111. The van der Waals surface area contributed by atoms with Crippen LogP contribution in [0, 0.1) is 23.3 Å². The number of benzene rings is 2. The summed E-state index contributed by atoms with van der Waals surface area (Å²) in [4.78, 5) is 0. The maximum absolute atomic E-state index is 13.1. The average molecular weight is 284 g/mol. The zero-order valence-corrected chi connectivity index (χ0v) is 10.3. The fourth-order valence-corrected chi connectivity index (χ4v) is 1.95. The van der Waals surface area contributed by atoms with Crippen molar-refractivity contribution in [3.05, 3.63) is 70.8 Å². The topological polar surface area (TPSA) is 52.0 Å². The van der Waals surface area contributed by atoms with Gasteiger partial charge in [0.15, 0.2) is 0 Å². The van der Waals surface area contributed by atoms with Crippen molar-refractivity contribution < 1.29 is 17.6 Å². The molecule has 2 aromatic carbocycles. The molecule has 106 valence electrons. The molecule has 0 saturated heterocycles. The van der Waals surface area contributed by atoms with Gasteiger partial charge in [0, 0.05) is 24.2 Å². The average Bonchev–Trinajstić information content (AvgIpc) is 2.34. The van der Waals surface area contributed by atoms with Gasteiger partial charge in [-0.1, -0.05) is 0 Å². The van der Waals surface area contributed by atoms with E-state index < -0.39 is 35.4 Å². The molecule has 0 bridgehead atoms. The molecule has 0 aromatic heterocycles. The van der Waals surface area contributed by atoms with E-state index in [1.807, 2.05) is 0 Å². The van der Waals surface area contributed by atoms with Crippen LogP contribution in [0.1, 0.15) is 23.2 Å². The van der Waals surface area contributed by atoms with E-state index >= 15 is 0 Å². The van der Waals surface area contributed by atoms with Gasteiger partial charge in [-0.15, -0.1) is 0 Å². The van der Waals surface area contributed by atoms with Gasteiger partial charge in [-0.25, -0.2) is 17.6 Å². The molecule has 0 aliphatic carbocycles. The van der Waals surface area contributed by atoms with Crippen LogP contribution in [0.25, 0.3) is 0 Å². The molecule has 2 unspecified atom stereocenters. The van der Waals surface area contributed by atoms with E-state index in [2.05, 4.69) is 0 Å². The van der Waals surface area contributed by atoms with Gasteiger partial charge in [-0.3, -0.25) is 0 Å². The molecule has 4 N–H and O–H groups in total. The fraction of sp³-hybridized carbons (Fsp3) is 0.143. The Labute approximate surface area is 113 Å². The second kappa shape index (κ2) is 5.60. The van der Waals surface area contributed by atoms with Crippen LogP contribution in [0.2, 0.25) is 0 Å². The molecular formula is C14H12F4N2. The maximum Gasteiger partial charge on any atom is 0.126 e. The third-order valence-corrected chi connectivity index (χ3v) is 2.93. The maximum atomic E-state index is 13.1. The van der Waals surface area contributed by atoms with Gasteiger partial charge < -0.3 is 11.5 Å². The third-order valence-electron chi connectivity index (χ3n) is 2.93. The van der Waals surface area contributed by atoms with E-state index in [1.54, 1.807) is 0 Å². The lowest BCUT2D eigenvalue weighted by Crippen LogP contribution is -2.27. The second-order valence-electron chi connectivity index (χ2n) is 4.46. The Kier molecular flexibility index (Phi) is 4.06. The van der Waals surface area contributed by atoms with Crippen molar-refractivity contribution >= 4 is 0 Å². The Bertz CT molecular complexity index is 535. The highest BCUT2D eigenvalue weighted by atomic mass is 19.1. The summed E-state index contributed by atoms with van der Waals surface area (Å²) in [6, 6.07) is 3.52. The minimum Gasteiger partial charge on any atom is -0.322 e. The molecule has 0 amide bonds. The summed E-state index contributed by atoms with van der Waals surface area (Å²) in [5.41, 5.74) is 11.8. The van der Waals surface area contributed by atoms with Crippen LogP contribution >= 0.6 is 0 Å². The molecule has 0 aliphatic rings. The number of nitrogens with two attached hydrogens (primary N) is 2. The zero-order chi connectivity index (χ0) is 14.9. The van der Waals surface area contributed by atoms with Crippen molar-refractivity contribution in [2.45, 2.75) is 12.1 Å². The first-order valence-electron chi connectivity index (χ1n) is 5.80. The van der Waals surface area contributed by atoms with Crippen LogP contribution in [0.3, 0.4) is 0 Å². The van der Waals surface area contributed by atoms with Crippen molar-refractivity contribution in [3.8, 4) is 0 Å². The van der Waals surface area contributed by atoms with Gasteiger partial charge in [0.25, 0.3) is 0 Å². The Hall–Kier alpha value is -1.92. The van der Waals surface area contributed by atoms with Crippen molar-refractivity contribution in [1.29, 1.82) is 0 Å². The Morgan fingerprint density at radius 3 is 1.05 bits per heavy atom. The number of hydrogen-bond acceptors (Lipinski definition) is 2. The van der Waals surface area contributed by atoms with Gasteiger partial charge in [0.1, 0.15) is 23.3 Å². The molecule has 0 radical (unpaired) electrons. The Morgan fingerprint density at radius 1 is 0.550 bits per heavy atom. The normalized spacial score (nSPS) is 14.1. The van der Waals surface area contributed by atoms with Crippen LogP contribution in [-0.2, 0) is 0 Å². The lowest BCUT2D eigenvalue weighted by Gasteiger charge is -2.21. The highest BCUT2D eigenvalue weighted by Gasteiger charge is 2.20. The molecule has 2 aromatic rings. The number of hydrogen-bond donors (Lipinski definition) is 2. The van der Waals surface area contributed by atoms with E-state index in [1.165, 1.54) is 0 Å². The molecule has 2 nitrogen and oxygen atoms in total. The van der Waals surface area contributed by atoms with E-state index in [-0.39, 0.29) is 11.1 Å². The van der Waals surface area contributed by atoms with Gasteiger partial charge in [-0.2, -0.15) is 0 Å². The van der Waals surface area contributed by atoms with Gasteiger partial charge in [0.05, 0.1) is 0 Å². The fourth-order valence-electron chi connectivity index (χ4n) is 1.95. The van der Waals surface area contributed by atoms with Gasteiger partial charge >= 0.3 is 0 Å². The summed E-state index contributed by atoms with van der Waals surface area (Å²) < 4.78 is 52.5. The molecule has 20 heavy (non-hydrogen) atoms. The zero-order valence-electron chi connectivity index (χ0n) is 10.3. The first kappa shape index (κ1) is 14.5. The molecule has 0 saturated carbocycles. The summed E-state index contributed by atoms with van der Waals surface area (Å²) in [7, 11) is 0. The van der Waals surface area contributed by atoms with E-state index in [9.17, 15) is 17.6 Å². The van der Waals surface area contributed by atoms with Crippen LogP contribution in [-0.4, -0.2) is 0 Å². The molecule has 2 atom stereocenters. The predicted octanol–water partition coefficient (Wildman–Crippen LogP) is 2.94. The first-order valence-corrected chi connectivity index (χ1v) is 5.80. The highest BCUT2D eigenvalue weighted by molar-refractivity contribution is 5.28. The van der Waals surface area contributed by atoms with E-state index in [0.717, 1.165) is 24.3 Å². The quantitative estimate of drug-likeness (QED) is 0.851. The highest BCUT2D eigenvalue weighted by Crippen LogP contribution is 2.26. The minimum atomic E-state index is -0.999. The summed E-state index contributed by atoms with van der Waals surface area (Å²) in [6.07, 6.45) is 0. The van der Waals surface area contributed by atoms with E-state index in [4.69, 9.17) is 11.5 Å². The number of halogens is 4. The molecule has 0 spiro atoms. The molecule has 0 heterocycles. The van der Waals surface area contributed by atoms with Crippen molar-refractivity contribution in [1.82, 2.24) is 0 Å². The van der Waals surface area contributed by atoms with E-state index in [0.29, 0.717) is 12.1 Å². The largest absolute Gasteiger partial charge is 0.322 e. The smallest absolute Gasteiger partial charge is 0.126 e. The summed E-state index contributed by atoms with van der Waals surface area (Å²) in [5, 5.41) is 0. The number of rotatable bonds is 3. The Morgan fingerprint density at radius 2 is 0.800 bits per heavy atom. The lowest BCUT2D eigenvalue weighted by molar-refractivity contribution is 0.532. The van der Waals surface area contributed by atoms with Crippen LogP contribution in [0.5, 0.6) is 0 Å². The van der Waals surface area contributed by atoms with Crippen LogP contribution in [0.4, 0.5) is 17.6 Å². The first-order chi connectivity index (χ1) is 9.36. The third kappa shape index (κ3) is 3.15. The molecule has 0 aliphatic heterocycles. The molecule has 2 rings (SSSR count). The van der Waals surface area contributed by atoms with Crippen LogP contribution < -0.4 is 11.5 Å². The molecule has 0 fully saturated rings.